The Morgan fingerprint density at radius 2 is 2.17 bits per heavy atom. The van der Waals surface area contributed by atoms with Crippen LogP contribution in [0.3, 0.4) is 0 Å². The van der Waals surface area contributed by atoms with Gasteiger partial charge < -0.3 is 4.55 Å². The Balaban J connectivity index is 2.09. The van der Waals surface area contributed by atoms with Gasteiger partial charge in [0.2, 0.25) is 0 Å². The average molecular weight is 292 g/mol. The van der Waals surface area contributed by atoms with Gasteiger partial charge in [-0.25, -0.2) is 4.39 Å². The summed E-state index contributed by atoms with van der Waals surface area (Å²) in [5.41, 5.74) is 0.596. The highest BCUT2D eigenvalue weighted by atomic mass is 32.2. The lowest BCUT2D eigenvalue weighted by atomic mass is 10.4. The lowest BCUT2D eigenvalue weighted by Crippen LogP contribution is -2.06. The van der Waals surface area contributed by atoms with E-state index in [0.29, 0.717) is 9.86 Å². The topological polar surface area (TPSA) is 48.8 Å². The Labute approximate surface area is 108 Å². The molecule has 0 aromatic carbocycles. The van der Waals surface area contributed by atoms with E-state index in [-0.39, 0.29) is 5.75 Å². The summed E-state index contributed by atoms with van der Waals surface area (Å²) in [4.78, 5) is 7.93. The number of pyridine rings is 1. The van der Waals surface area contributed by atoms with Gasteiger partial charge in [0.1, 0.15) is 11.3 Å². The molecule has 0 amide bonds. The fourth-order valence-electron chi connectivity index (χ4n) is 1.22. The second kappa shape index (κ2) is 5.68. The Hall–Kier alpha value is -1.12. The Bertz CT molecular complexity index is 550. The van der Waals surface area contributed by atoms with Gasteiger partial charge in [0.05, 0.1) is 17.3 Å². The molecule has 3 nitrogen and oxygen atoms in total. The number of halogens is 3. The van der Waals surface area contributed by atoms with E-state index in [4.69, 9.17) is 0 Å². The highest BCUT2D eigenvalue weighted by molar-refractivity contribution is 7.93. The maximum absolute atomic E-state index is 12.6. The SMILES string of the molecule is [O-][S+](CCC(F)=C(F)F)c1nc2cnccc2s1. The first kappa shape index (κ1) is 13.3. The molecule has 0 saturated heterocycles. The molecular formula is C10H7F3N2OS2. The highest BCUT2D eigenvalue weighted by Crippen LogP contribution is 2.26. The zero-order valence-electron chi connectivity index (χ0n) is 8.90. The van der Waals surface area contributed by atoms with Gasteiger partial charge in [-0.05, 0) is 6.07 Å². The van der Waals surface area contributed by atoms with E-state index in [2.05, 4.69) is 9.97 Å². The van der Waals surface area contributed by atoms with Crippen molar-refractivity contribution < 1.29 is 17.7 Å². The Morgan fingerprint density at radius 1 is 1.39 bits per heavy atom. The van der Waals surface area contributed by atoms with E-state index in [1.807, 2.05) is 0 Å². The fraction of sp³-hybridized carbons (Fsp3) is 0.200. The van der Waals surface area contributed by atoms with E-state index in [1.165, 1.54) is 17.5 Å². The van der Waals surface area contributed by atoms with Crippen LogP contribution in [0.1, 0.15) is 6.42 Å². The lowest BCUT2D eigenvalue weighted by Gasteiger charge is -2.04. The predicted molar refractivity (Wildman–Crippen MR) is 63.7 cm³/mol. The largest absolute Gasteiger partial charge is 0.610 e. The summed E-state index contributed by atoms with van der Waals surface area (Å²) < 4.78 is 49.1. The van der Waals surface area contributed by atoms with Crippen molar-refractivity contribution in [3.8, 4) is 0 Å². The summed E-state index contributed by atoms with van der Waals surface area (Å²) in [5.74, 6) is -1.73. The van der Waals surface area contributed by atoms with Gasteiger partial charge in [-0.2, -0.15) is 13.8 Å². The van der Waals surface area contributed by atoms with Crippen LogP contribution >= 0.6 is 11.3 Å². The standard InChI is InChI=1S/C10H7F3N2OS2/c11-6(9(12)13)2-4-18(16)10-15-7-5-14-3-1-8(7)17-10/h1,3,5H,2,4H2. The minimum atomic E-state index is -2.36. The van der Waals surface area contributed by atoms with Gasteiger partial charge in [0.15, 0.2) is 5.83 Å². The second-order valence-electron chi connectivity index (χ2n) is 3.29. The minimum absolute atomic E-state index is 0.212. The van der Waals surface area contributed by atoms with Gasteiger partial charge in [-0.3, -0.25) is 4.98 Å². The van der Waals surface area contributed by atoms with Gasteiger partial charge in [-0.15, -0.1) is 0 Å². The summed E-state index contributed by atoms with van der Waals surface area (Å²) in [6.45, 7) is 0. The Kier molecular flexibility index (Phi) is 4.20. The minimum Gasteiger partial charge on any atom is -0.610 e. The maximum atomic E-state index is 12.6. The molecule has 2 rings (SSSR count). The van der Waals surface area contributed by atoms with E-state index in [9.17, 15) is 17.7 Å². The summed E-state index contributed by atoms with van der Waals surface area (Å²) >= 11 is -0.393. The third-order valence-electron chi connectivity index (χ3n) is 2.08. The molecular weight excluding hydrogens is 285 g/mol. The molecule has 2 aromatic heterocycles. The monoisotopic (exact) mass is 292 g/mol. The van der Waals surface area contributed by atoms with E-state index < -0.39 is 29.5 Å². The molecule has 0 saturated carbocycles. The van der Waals surface area contributed by atoms with Crippen LogP contribution in [-0.4, -0.2) is 20.3 Å². The third kappa shape index (κ3) is 3.01. The van der Waals surface area contributed by atoms with Crippen LogP contribution in [0.5, 0.6) is 0 Å². The number of thiazole rings is 1. The van der Waals surface area contributed by atoms with Crippen LogP contribution in [0.25, 0.3) is 10.2 Å². The van der Waals surface area contributed by atoms with E-state index >= 15 is 0 Å². The molecule has 2 heterocycles. The number of fused-ring (bicyclic) bond motifs is 1. The Morgan fingerprint density at radius 3 is 2.83 bits per heavy atom. The van der Waals surface area contributed by atoms with Crippen molar-refractivity contribution in [1.29, 1.82) is 0 Å². The summed E-state index contributed by atoms with van der Waals surface area (Å²) in [7, 11) is 0. The van der Waals surface area contributed by atoms with Crippen molar-refractivity contribution in [2.45, 2.75) is 10.8 Å². The molecule has 0 bridgehead atoms. The summed E-state index contributed by atoms with van der Waals surface area (Å²) in [5, 5.41) is 0. The first-order chi connectivity index (χ1) is 8.58. The van der Waals surface area contributed by atoms with Crippen LogP contribution in [0.15, 0.2) is 34.7 Å². The number of aromatic nitrogens is 2. The molecule has 0 aliphatic rings. The first-order valence-corrected chi connectivity index (χ1v) is 7.00. The quantitative estimate of drug-likeness (QED) is 0.813. The number of nitrogens with zero attached hydrogens (tertiary/aromatic N) is 2. The normalized spacial score (nSPS) is 12.7. The van der Waals surface area contributed by atoms with Crippen molar-refractivity contribution in [3.05, 3.63) is 30.4 Å². The molecule has 1 atom stereocenters. The molecule has 0 N–H and O–H groups in total. The average Bonchev–Trinajstić information content (AvgIpc) is 2.79. The molecule has 0 aliphatic heterocycles. The van der Waals surface area contributed by atoms with Gasteiger partial charge in [0, 0.05) is 17.4 Å². The molecule has 1 unspecified atom stereocenters. The number of hydrogen-bond acceptors (Lipinski definition) is 4. The molecule has 2 aromatic rings. The van der Waals surface area contributed by atoms with Crippen LogP contribution in [0.2, 0.25) is 0 Å². The van der Waals surface area contributed by atoms with Crippen molar-refractivity contribution in [2.24, 2.45) is 0 Å². The summed E-state index contributed by atoms with van der Waals surface area (Å²) in [6.07, 6.45) is 0.186. The number of allylic oxidation sites excluding steroid dienone is 1. The molecule has 0 spiro atoms. The van der Waals surface area contributed by atoms with Crippen molar-refractivity contribution in [3.63, 3.8) is 0 Å². The van der Waals surface area contributed by atoms with E-state index in [0.717, 1.165) is 4.70 Å². The zero-order valence-corrected chi connectivity index (χ0v) is 10.5. The number of rotatable bonds is 4. The van der Waals surface area contributed by atoms with Gasteiger partial charge >= 0.3 is 10.4 Å². The smallest absolute Gasteiger partial charge is 0.302 e. The predicted octanol–water partition coefficient (Wildman–Crippen LogP) is 3.27. The lowest BCUT2D eigenvalue weighted by molar-refractivity contribution is 0.373. The van der Waals surface area contributed by atoms with Gasteiger partial charge in [-0.1, -0.05) is 11.3 Å². The van der Waals surface area contributed by atoms with Crippen LogP contribution in [0.4, 0.5) is 13.2 Å². The molecule has 18 heavy (non-hydrogen) atoms. The zero-order chi connectivity index (χ0) is 13.1. The maximum Gasteiger partial charge on any atom is 0.302 e. The molecule has 96 valence electrons. The highest BCUT2D eigenvalue weighted by Gasteiger charge is 2.19. The van der Waals surface area contributed by atoms with Crippen LogP contribution < -0.4 is 0 Å². The van der Waals surface area contributed by atoms with Gasteiger partial charge in [0.25, 0.3) is 0 Å². The second-order valence-corrected chi connectivity index (χ2v) is 6.06. The molecule has 8 heteroatoms. The van der Waals surface area contributed by atoms with Crippen molar-refractivity contribution in [1.82, 2.24) is 9.97 Å². The van der Waals surface area contributed by atoms with Crippen molar-refractivity contribution in [2.75, 3.05) is 5.75 Å². The summed E-state index contributed by atoms with van der Waals surface area (Å²) in [6, 6.07) is 1.72. The van der Waals surface area contributed by atoms with Crippen LogP contribution in [0, 0.1) is 0 Å². The third-order valence-corrected chi connectivity index (χ3v) is 4.77. The van der Waals surface area contributed by atoms with E-state index in [1.54, 1.807) is 12.3 Å². The first-order valence-electron chi connectivity index (χ1n) is 4.86. The fourth-order valence-corrected chi connectivity index (χ4v) is 3.51. The number of hydrogen-bond donors (Lipinski definition) is 0. The molecule has 0 radical (unpaired) electrons. The molecule has 0 fully saturated rings. The molecule has 0 aliphatic carbocycles. The van der Waals surface area contributed by atoms with Crippen molar-refractivity contribution >= 4 is 32.7 Å². The van der Waals surface area contributed by atoms with Crippen LogP contribution in [-0.2, 0) is 11.2 Å².